The van der Waals surface area contributed by atoms with Crippen LogP contribution in [0.2, 0.25) is 0 Å². The van der Waals surface area contributed by atoms with Crippen molar-refractivity contribution in [1.29, 1.82) is 0 Å². The molecule has 0 aliphatic heterocycles. The van der Waals surface area contributed by atoms with Crippen LogP contribution in [0.3, 0.4) is 0 Å². The second-order valence-corrected chi connectivity index (χ2v) is 4.37. The van der Waals surface area contributed by atoms with E-state index in [9.17, 15) is 4.39 Å². The van der Waals surface area contributed by atoms with Crippen molar-refractivity contribution in [3.8, 4) is 10.6 Å². The highest BCUT2D eigenvalue weighted by atomic mass is 32.1. The van der Waals surface area contributed by atoms with Crippen LogP contribution in [-0.2, 0) is 6.42 Å². The van der Waals surface area contributed by atoms with Gasteiger partial charge in [-0.2, -0.15) is 0 Å². The van der Waals surface area contributed by atoms with E-state index < -0.39 is 0 Å². The van der Waals surface area contributed by atoms with Crippen LogP contribution in [0.1, 0.15) is 12.1 Å². The lowest BCUT2D eigenvalue weighted by atomic mass is 10.2. The minimum absolute atomic E-state index is 0.220. The molecule has 16 heavy (non-hydrogen) atoms. The van der Waals surface area contributed by atoms with Crippen molar-refractivity contribution >= 4 is 11.3 Å². The van der Waals surface area contributed by atoms with Crippen LogP contribution >= 0.6 is 11.3 Å². The van der Waals surface area contributed by atoms with Crippen molar-refractivity contribution in [1.82, 2.24) is 4.98 Å². The topological polar surface area (TPSA) is 38.9 Å². The van der Waals surface area contributed by atoms with E-state index in [1.54, 1.807) is 12.1 Å². The summed E-state index contributed by atoms with van der Waals surface area (Å²) in [7, 11) is 0. The number of nitrogens with zero attached hydrogens (tertiary/aromatic N) is 1. The number of hydrogen-bond acceptors (Lipinski definition) is 3. The number of nitrogens with two attached hydrogens (primary N) is 1. The molecule has 0 saturated heterocycles. The molecule has 0 atom stereocenters. The Kier molecular flexibility index (Phi) is 3.64. The maximum Gasteiger partial charge on any atom is 0.133 e. The molecule has 0 spiro atoms. The molecule has 0 saturated carbocycles. The summed E-state index contributed by atoms with van der Waals surface area (Å²) >= 11 is 1.48. The lowest BCUT2D eigenvalue weighted by Gasteiger charge is -1.97. The monoisotopic (exact) mass is 236 g/mol. The van der Waals surface area contributed by atoms with Crippen molar-refractivity contribution in [2.24, 2.45) is 5.73 Å². The number of aromatic nitrogens is 1. The fourth-order valence-corrected chi connectivity index (χ4v) is 2.34. The molecule has 0 radical (unpaired) electrons. The highest BCUT2D eigenvalue weighted by molar-refractivity contribution is 7.13. The van der Waals surface area contributed by atoms with Crippen molar-refractivity contribution < 1.29 is 4.39 Å². The van der Waals surface area contributed by atoms with Crippen LogP contribution in [0.25, 0.3) is 10.6 Å². The summed E-state index contributed by atoms with van der Waals surface area (Å²) in [6.07, 6.45) is 1.78. The van der Waals surface area contributed by atoms with Gasteiger partial charge < -0.3 is 5.73 Å². The maximum atomic E-state index is 13.5. The first-order chi connectivity index (χ1) is 7.81. The van der Waals surface area contributed by atoms with Gasteiger partial charge in [0.2, 0.25) is 0 Å². The number of thiazole rings is 1. The van der Waals surface area contributed by atoms with Gasteiger partial charge in [-0.3, -0.25) is 0 Å². The predicted octanol–water partition coefficient (Wildman–Crippen LogP) is 2.84. The largest absolute Gasteiger partial charge is 0.330 e. The summed E-state index contributed by atoms with van der Waals surface area (Å²) in [5.74, 6) is -0.220. The molecule has 84 valence electrons. The fourth-order valence-electron chi connectivity index (χ4n) is 1.46. The van der Waals surface area contributed by atoms with Gasteiger partial charge in [-0.15, -0.1) is 11.3 Å². The molecule has 0 aliphatic carbocycles. The highest BCUT2D eigenvalue weighted by Gasteiger charge is 2.08. The van der Waals surface area contributed by atoms with Gasteiger partial charge in [0.25, 0.3) is 0 Å². The average molecular weight is 236 g/mol. The Labute approximate surface area is 97.9 Å². The van der Waals surface area contributed by atoms with Crippen LogP contribution in [0.5, 0.6) is 0 Å². The van der Waals surface area contributed by atoms with Gasteiger partial charge in [-0.05, 0) is 31.5 Å². The minimum Gasteiger partial charge on any atom is -0.330 e. The van der Waals surface area contributed by atoms with Crippen LogP contribution in [-0.4, -0.2) is 11.5 Å². The van der Waals surface area contributed by atoms with Gasteiger partial charge in [-0.25, -0.2) is 9.37 Å². The van der Waals surface area contributed by atoms with E-state index >= 15 is 0 Å². The molecule has 2 N–H and O–H groups in total. The smallest absolute Gasteiger partial charge is 0.133 e. The minimum atomic E-state index is -0.220. The van der Waals surface area contributed by atoms with Crippen LogP contribution in [0, 0.1) is 5.82 Å². The normalized spacial score (nSPS) is 10.6. The van der Waals surface area contributed by atoms with E-state index in [4.69, 9.17) is 5.73 Å². The summed E-state index contributed by atoms with van der Waals surface area (Å²) in [6.45, 7) is 0.659. The second kappa shape index (κ2) is 5.18. The zero-order valence-corrected chi connectivity index (χ0v) is 9.64. The first-order valence-corrected chi connectivity index (χ1v) is 6.08. The lowest BCUT2D eigenvalue weighted by molar-refractivity contribution is 0.631. The van der Waals surface area contributed by atoms with Crippen molar-refractivity contribution in [2.75, 3.05) is 6.54 Å². The Morgan fingerprint density at radius 3 is 2.88 bits per heavy atom. The number of aryl methyl sites for hydroxylation is 1. The van der Waals surface area contributed by atoms with E-state index in [0.717, 1.165) is 23.5 Å². The van der Waals surface area contributed by atoms with E-state index in [-0.39, 0.29) is 5.82 Å². The van der Waals surface area contributed by atoms with E-state index in [1.807, 2.05) is 11.4 Å². The van der Waals surface area contributed by atoms with E-state index in [2.05, 4.69) is 4.98 Å². The van der Waals surface area contributed by atoms with Crippen LogP contribution in [0.15, 0.2) is 29.6 Å². The van der Waals surface area contributed by atoms with Gasteiger partial charge in [-0.1, -0.05) is 12.1 Å². The summed E-state index contributed by atoms with van der Waals surface area (Å²) in [5, 5.41) is 2.71. The Morgan fingerprint density at radius 1 is 1.31 bits per heavy atom. The first-order valence-electron chi connectivity index (χ1n) is 5.20. The molecule has 1 aromatic heterocycles. The molecule has 0 aliphatic rings. The third kappa shape index (κ3) is 2.46. The summed E-state index contributed by atoms with van der Waals surface area (Å²) < 4.78 is 13.5. The SMILES string of the molecule is NCCCc1csc(-c2ccccc2F)n1. The van der Waals surface area contributed by atoms with Crippen LogP contribution < -0.4 is 5.73 Å². The molecule has 2 rings (SSSR count). The number of rotatable bonds is 4. The second-order valence-electron chi connectivity index (χ2n) is 3.52. The Balaban J connectivity index is 2.22. The van der Waals surface area contributed by atoms with Crippen molar-refractivity contribution in [3.63, 3.8) is 0 Å². The molecule has 4 heteroatoms. The molecule has 0 amide bonds. The number of halogens is 1. The molecule has 2 nitrogen and oxygen atoms in total. The molecule has 1 aromatic carbocycles. The Morgan fingerprint density at radius 2 is 2.12 bits per heavy atom. The van der Waals surface area contributed by atoms with Crippen LogP contribution in [0.4, 0.5) is 4.39 Å². The number of benzene rings is 1. The zero-order valence-electron chi connectivity index (χ0n) is 8.82. The van der Waals surface area contributed by atoms with E-state index in [0.29, 0.717) is 12.1 Å². The fraction of sp³-hybridized carbons (Fsp3) is 0.250. The molecule has 0 unspecified atom stereocenters. The average Bonchev–Trinajstić information content (AvgIpc) is 2.75. The third-order valence-corrected chi connectivity index (χ3v) is 3.22. The summed E-state index contributed by atoms with van der Waals surface area (Å²) in [6, 6.07) is 6.71. The van der Waals surface area contributed by atoms with Gasteiger partial charge >= 0.3 is 0 Å². The van der Waals surface area contributed by atoms with Gasteiger partial charge in [0.1, 0.15) is 10.8 Å². The Bertz CT molecular complexity index is 468. The maximum absolute atomic E-state index is 13.5. The summed E-state index contributed by atoms with van der Waals surface area (Å²) in [5.41, 5.74) is 7.00. The Hall–Kier alpha value is -1.26. The molecule has 0 fully saturated rings. The standard InChI is InChI=1S/C12H13FN2S/c13-11-6-2-1-5-10(11)12-15-9(8-16-12)4-3-7-14/h1-2,5-6,8H,3-4,7,14H2. The molecule has 2 aromatic rings. The number of hydrogen-bond donors (Lipinski definition) is 1. The van der Waals surface area contributed by atoms with Gasteiger partial charge in [0.05, 0.1) is 5.69 Å². The predicted molar refractivity (Wildman–Crippen MR) is 64.9 cm³/mol. The van der Waals surface area contributed by atoms with Crippen molar-refractivity contribution in [3.05, 3.63) is 41.2 Å². The summed E-state index contributed by atoms with van der Waals surface area (Å²) in [4.78, 5) is 4.40. The third-order valence-electron chi connectivity index (χ3n) is 2.29. The van der Waals surface area contributed by atoms with Gasteiger partial charge in [0.15, 0.2) is 0 Å². The molecule has 0 bridgehead atoms. The first kappa shape index (κ1) is 11.2. The molecular weight excluding hydrogens is 223 g/mol. The van der Waals surface area contributed by atoms with Crippen molar-refractivity contribution in [2.45, 2.75) is 12.8 Å². The van der Waals surface area contributed by atoms with Gasteiger partial charge in [0, 0.05) is 10.9 Å². The van der Waals surface area contributed by atoms with E-state index in [1.165, 1.54) is 17.4 Å². The molecule has 1 heterocycles. The zero-order chi connectivity index (χ0) is 11.4. The highest BCUT2D eigenvalue weighted by Crippen LogP contribution is 2.26. The lowest BCUT2D eigenvalue weighted by Crippen LogP contribution is -2.00. The molecular formula is C12H13FN2S. The quantitative estimate of drug-likeness (QED) is 0.886.